The lowest BCUT2D eigenvalue weighted by Crippen LogP contribution is -2.02. The maximum atomic E-state index is 11.2. The third kappa shape index (κ3) is 1.22. The Kier molecular flexibility index (Phi) is 1.66. The van der Waals surface area contributed by atoms with Gasteiger partial charge in [0, 0.05) is 17.4 Å². The fourth-order valence-corrected chi connectivity index (χ4v) is 1.25. The Labute approximate surface area is 74.4 Å². The maximum absolute atomic E-state index is 11.2. The van der Waals surface area contributed by atoms with Gasteiger partial charge in [-0.2, -0.15) is 0 Å². The lowest BCUT2D eigenvalue weighted by atomic mass is 10.1. The largest absolute Gasteiger partial charge is 0.398 e. The molecule has 0 atom stereocenters. The van der Waals surface area contributed by atoms with Gasteiger partial charge < -0.3 is 10.8 Å². The molecule has 0 radical (unpaired) electrons. The highest BCUT2D eigenvalue weighted by atomic mass is 16.1. The van der Waals surface area contributed by atoms with Gasteiger partial charge in [-0.05, 0) is 6.07 Å². The number of hydrogen-bond acceptors (Lipinski definition) is 2. The summed E-state index contributed by atoms with van der Waals surface area (Å²) in [6.45, 7) is 0. The van der Waals surface area contributed by atoms with E-state index in [2.05, 4.69) is 10.2 Å². The molecule has 0 unspecified atom stereocenters. The van der Waals surface area contributed by atoms with Crippen LogP contribution >= 0.6 is 0 Å². The van der Waals surface area contributed by atoms with Crippen molar-refractivity contribution in [2.24, 2.45) is 0 Å². The van der Waals surface area contributed by atoms with Gasteiger partial charge in [-0.15, -0.1) is 0 Å². The van der Waals surface area contributed by atoms with E-state index in [0.29, 0.717) is 11.3 Å². The van der Waals surface area contributed by atoms with Crippen LogP contribution in [0.25, 0.3) is 11.1 Å². The molecule has 2 rings (SSSR count). The predicted octanol–water partition coefficient (Wildman–Crippen LogP) is 0.952. The van der Waals surface area contributed by atoms with Gasteiger partial charge in [0.2, 0.25) is 0 Å². The smallest absolute Gasteiger partial charge is 0.271 e. The summed E-state index contributed by atoms with van der Waals surface area (Å²) in [5.74, 6) is 0. The number of nitrogen functional groups attached to an aromatic ring is 1. The van der Waals surface area contributed by atoms with Gasteiger partial charge in [-0.3, -0.25) is 9.89 Å². The predicted molar refractivity (Wildman–Crippen MR) is 51.3 cm³/mol. The van der Waals surface area contributed by atoms with Crippen LogP contribution < -0.4 is 11.3 Å². The Morgan fingerprint density at radius 3 is 2.54 bits per heavy atom. The van der Waals surface area contributed by atoms with Crippen molar-refractivity contribution in [1.82, 2.24) is 10.2 Å². The minimum Gasteiger partial charge on any atom is -0.398 e. The molecule has 0 aliphatic carbocycles. The molecule has 66 valence electrons. The van der Waals surface area contributed by atoms with Crippen LogP contribution in [0.1, 0.15) is 0 Å². The topological polar surface area (TPSA) is 74.7 Å². The zero-order valence-electron chi connectivity index (χ0n) is 6.87. The number of aromatic nitrogens is 2. The van der Waals surface area contributed by atoms with Crippen LogP contribution in [0.15, 0.2) is 35.3 Å². The SMILES string of the molecule is Nc1ccccc1-c1c[nH][nH]c1=O. The molecule has 0 aliphatic rings. The lowest BCUT2D eigenvalue weighted by Gasteiger charge is -1.99. The minimum atomic E-state index is -0.155. The van der Waals surface area contributed by atoms with Crippen LogP contribution in [-0.4, -0.2) is 10.2 Å². The second kappa shape index (κ2) is 2.82. The summed E-state index contributed by atoms with van der Waals surface area (Å²) in [6, 6.07) is 7.26. The summed E-state index contributed by atoms with van der Waals surface area (Å²) >= 11 is 0. The standard InChI is InChI=1S/C9H9N3O/c10-8-4-2-1-3-6(8)7-5-11-12-9(7)13/h1-5H,10H2,(H2,11,12,13). The molecule has 4 nitrogen and oxygen atoms in total. The number of aromatic amines is 2. The van der Waals surface area contributed by atoms with E-state index in [4.69, 9.17) is 5.73 Å². The molecule has 2 aromatic rings. The molecule has 1 aromatic carbocycles. The van der Waals surface area contributed by atoms with E-state index in [0.717, 1.165) is 5.56 Å². The number of nitrogens with one attached hydrogen (secondary N) is 2. The number of anilines is 1. The van der Waals surface area contributed by atoms with Crippen molar-refractivity contribution in [3.05, 3.63) is 40.8 Å². The Balaban J connectivity index is 2.66. The van der Waals surface area contributed by atoms with Crippen LogP contribution in [0.3, 0.4) is 0 Å². The number of rotatable bonds is 1. The van der Waals surface area contributed by atoms with E-state index in [1.807, 2.05) is 18.2 Å². The molecule has 4 heteroatoms. The third-order valence-corrected chi connectivity index (χ3v) is 1.90. The zero-order valence-corrected chi connectivity index (χ0v) is 6.87. The fraction of sp³-hybridized carbons (Fsp3) is 0. The number of H-pyrrole nitrogens is 2. The monoisotopic (exact) mass is 175 g/mol. The lowest BCUT2D eigenvalue weighted by molar-refractivity contribution is 1.06. The Morgan fingerprint density at radius 2 is 1.92 bits per heavy atom. The summed E-state index contributed by atoms with van der Waals surface area (Å²) in [4.78, 5) is 11.2. The van der Waals surface area contributed by atoms with Crippen molar-refractivity contribution in [3.63, 3.8) is 0 Å². The number of hydrogen-bond donors (Lipinski definition) is 3. The van der Waals surface area contributed by atoms with Gasteiger partial charge in [-0.1, -0.05) is 18.2 Å². The first-order chi connectivity index (χ1) is 6.29. The highest BCUT2D eigenvalue weighted by molar-refractivity contribution is 5.74. The van der Waals surface area contributed by atoms with Gasteiger partial charge in [-0.25, -0.2) is 0 Å². The van der Waals surface area contributed by atoms with E-state index in [1.165, 1.54) is 0 Å². The maximum Gasteiger partial charge on any atom is 0.271 e. The first kappa shape index (κ1) is 7.67. The van der Waals surface area contributed by atoms with Crippen LogP contribution in [-0.2, 0) is 0 Å². The number of para-hydroxylation sites is 1. The zero-order chi connectivity index (χ0) is 9.26. The van der Waals surface area contributed by atoms with E-state index in [1.54, 1.807) is 12.3 Å². The van der Waals surface area contributed by atoms with Crippen molar-refractivity contribution >= 4 is 5.69 Å². The molecular weight excluding hydrogens is 166 g/mol. The highest BCUT2D eigenvalue weighted by Crippen LogP contribution is 2.20. The molecular formula is C9H9N3O. The molecule has 0 saturated carbocycles. The van der Waals surface area contributed by atoms with Crippen LogP contribution in [0.2, 0.25) is 0 Å². The van der Waals surface area contributed by atoms with Crippen molar-refractivity contribution in [3.8, 4) is 11.1 Å². The molecule has 4 N–H and O–H groups in total. The van der Waals surface area contributed by atoms with Gasteiger partial charge in [0.25, 0.3) is 5.56 Å². The summed E-state index contributed by atoms with van der Waals surface area (Å²) in [5, 5.41) is 5.09. The van der Waals surface area contributed by atoms with Gasteiger partial charge in [0.05, 0.1) is 5.56 Å². The van der Waals surface area contributed by atoms with E-state index < -0.39 is 0 Å². The summed E-state index contributed by atoms with van der Waals surface area (Å²) in [6.07, 6.45) is 1.61. The van der Waals surface area contributed by atoms with Gasteiger partial charge >= 0.3 is 0 Å². The molecule has 1 aromatic heterocycles. The highest BCUT2D eigenvalue weighted by Gasteiger charge is 2.05. The van der Waals surface area contributed by atoms with Crippen LogP contribution in [0, 0.1) is 0 Å². The van der Waals surface area contributed by atoms with Crippen molar-refractivity contribution in [2.45, 2.75) is 0 Å². The Bertz CT molecular complexity index is 469. The van der Waals surface area contributed by atoms with Gasteiger partial charge in [0.15, 0.2) is 0 Å². The van der Waals surface area contributed by atoms with Crippen LogP contribution in [0.4, 0.5) is 5.69 Å². The molecule has 0 bridgehead atoms. The first-order valence-corrected chi connectivity index (χ1v) is 3.90. The Hall–Kier alpha value is -1.97. The molecule has 0 fully saturated rings. The van der Waals surface area contributed by atoms with E-state index in [-0.39, 0.29) is 5.56 Å². The average Bonchev–Trinajstić information content (AvgIpc) is 2.52. The fourth-order valence-electron chi connectivity index (χ4n) is 1.25. The van der Waals surface area contributed by atoms with Crippen molar-refractivity contribution in [1.29, 1.82) is 0 Å². The number of nitrogens with two attached hydrogens (primary N) is 1. The van der Waals surface area contributed by atoms with Crippen LogP contribution in [0.5, 0.6) is 0 Å². The molecule has 0 amide bonds. The second-order valence-corrected chi connectivity index (χ2v) is 2.74. The summed E-state index contributed by atoms with van der Waals surface area (Å²) < 4.78 is 0. The molecule has 0 saturated heterocycles. The second-order valence-electron chi connectivity index (χ2n) is 2.74. The minimum absolute atomic E-state index is 0.155. The number of benzene rings is 1. The quantitative estimate of drug-likeness (QED) is 0.564. The first-order valence-electron chi connectivity index (χ1n) is 3.90. The molecule has 1 heterocycles. The average molecular weight is 175 g/mol. The van der Waals surface area contributed by atoms with Gasteiger partial charge in [0.1, 0.15) is 0 Å². The Morgan fingerprint density at radius 1 is 1.15 bits per heavy atom. The van der Waals surface area contributed by atoms with E-state index >= 15 is 0 Å². The summed E-state index contributed by atoms with van der Waals surface area (Å²) in [5.41, 5.74) is 7.49. The van der Waals surface area contributed by atoms with Crippen molar-refractivity contribution < 1.29 is 0 Å². The molecule has 13 heavy (non-hydrogen) atoms. The van der Waals surface area contributed by atoms with Crippen molar-refractivity contribution in [2.75, 3.05) is 5.73 Å². The normalized spacial score (nSPS) is 10.2. The van der Waals surface area contributed by atoms with E-state index in [9.17, 15) is 4.79 Å². The molecule has 0 spiro atoms. The molecule has 0 aliphatic heterocycles. The third-order valence-electron chi connectivity index (χ3n) is 1.90. The summed E-state index contributed by atoms with van der Waals surface area (Å²) in [7, 11) is 0.